The van der Waals surface area contributed by atoms with E-state index in [4.69, 9.17) is 14.2 Å². The molecule has 2 atom stereocenters. The van der Waals surface area contributed by atoms with Crippen molar-refractivity contribution in [2.45, 2.75) is 19.1 Å². The van der Waals surface area contributed by atoms with Crippen LogP contribution in [0.4, 0.5) is 4.39 Å². The number of ether oxygens (including phenoxy) is 3. The number of methoxy groups -OCH3 is 2. The van der Waals surface area contributed by atoms with Gasteiger partial charge in [0.15, 0.2) is 6.10 Å². The first-order chi connectivity index (χ1) is 14.4. The molecule has 0 spiro atoms. The summed E-state index contributed by atoms with van der Waals surface area (Å²) in [7, 11) is 4.97. The van der Waals surface area contributed by atoms with Gasteiger partial charge in [-0.25, -0.2) is 9.37 Å². The Labute approximate surface area is 174 Å². The molecule has 1 heterocycles. The van der Waals surface area contributed by atoms with Crippen LogP contribution in [0.1, 0.15) is 24.4 Å². The maximum Gasteiger partial charge on any atom is 0.261 e. The molecule has 2 aromatic carbocycles. The summed E-state index contributed by atoms with van der Waals surface area (Å²) < 4.78 is 31.3. The highest BCUT2D eigenvalue weighted by Crippen LogP contribution is 2.29. The van der Waals surface area contributed by atoms with Gasteiger partial charge in [0.05, 0.1) is 14.2 Å². The second-order valence-corrected chi connectivity index (χ2v) is 6.70. The summed E-state index contributed by atoms with van der Waals surface area (Å²) in [6, 6.07) is 10.3. The zero-order valence-electron chi connectivity index (χ0n) is 17.3. The number of hydrogen-bond donors (Lipinski definition) is 1. The molecule has 0 bridgehead atoms. The Hall–Kier alpha value is -3.55. The predicted molar refractivity (Wildman–Crippen MR) is 109 cm³/mol. The number of aromatic nitrogens is 2. The Morgan fingerprint density at radius 1 is 1.07 bits per heavy atom. The zero-order valence-corrected chi connectivity index (χ0v) is 17.3. The molecule has 3 aromatic rings. The lowest BCUT2D eigenvalue weighted by atomic mass is 10.0. The van der Waals surface area contributed by atoms with Gasteiger partial charge in [0.1, 0.15) is 34.9 Å². The number of nitrogens with zero attached hydrogens (tertiary/aromatic N) is 2. The van der Waals surface area contributed by atoms with E-state index in [2.05, 4.69) is 10.3 Å². The van der Waals surface area contributed by atoms with Crippen LogP contribution in [-0.4, -0.2) is 35.8 Å². The van der Waals surface area contributed by atoms with Crippen molar-refractivity contribution in [1.82, 2.24) is 14.9 Å². The second kappa shape index (κ2) is 9.30. The molecule has 30 heavy (non-hydrogen) atoms. The Morgan fingerprint density at radius 2 is 1.70 bits per heavy atom. The van der Waals surface area contributed by atoms with Crippen molar-refractivity contribution in [2.75, 3.05) is 14.2 Å². The molecular weight excluding hydrogens is 389 g/mol. The number of carbonyl (C=O) groups is 1. The van der Waals surface area contributed by atoms with Gasteiger partial charge in [-0.05, 0) is 48.9 Å². The summed E-state index contributed by atoms with van der Waals surface area (Å²) >= 11 is 0. The van der Waals surface area contributed by atoms with E-state index in [-0.39, 0.29) is 11.7 Å². The highest BCUT2D eigenvalue weighted by molar-refractivity contribution is 5.81. The van der Waals surface area contributed by atoms with Crippen LogP contribution >= 0.6 is 0 Å². The maximum atomic E-state index is 13.1. The predicted octanol–water partition coefficient (Wildman–Crippen LogP) is 3.25. The molecule has 1 amide bonds. The summed E-state index contributed by atoms with van der Waals surface area (Å²) in [5, 5.41) is 2.98. The monoisotopic (exact) mass is 413 g/mol. The Morgan fingerprint density at radius 3 is 2.23 bits per heavy atom. The minimum Gasteiger partial charge on any atom is -0.497 e. The van der Waals surface area contributed by atoms with Gasteiger partial charge in [-0.2, -0.15) is 0 Å². The minimum atomic E-state index is -0.814. The number of aryl methyl sites for hydroxylation is 1. The smallest absolute Gasteiger partial charge is 0.261 e. The van der Waals surface area contributed by atoms with Crippen LogP contribution in [-0.2, 0) is 11.8 Å². The van der Waals surface area contributed by atoms with Crippen molar-refractivity contribution in [3.05, 3.63) is 72.1 Å². The van der Waals surface area contributed by atoms with Crippen LogP contribution in [0, 0.1) is 5.82 Å². The molecule has 1 N–H and O–H groups in total. The van der Waals surface area contributed by atoms with Gasteiger partial charge in [0.25, 0.3) is 5.91 Å². The average Bonchev–Trinajstić information content (AvgIpc) is 3.18. The van der Waals surface area contributed by atoms with E-state index in [0.29, 0.717) is 23.1 Å². The molecule has 0 saturated carbocycles. The lowest BCUT2D eigenvalue weighted by Gasteiger charge is -2.23. The molecule has 0 aliphatic heterocycles. The van der Waals surface area contributed by atoms with E-state index in [1.54, 1.807) is 39.6 Å². The van der Waals surface area contributed by atoms with Crippen LogP contribution in [0.25, 0.3) is 0 Å². The first-order valence-electron chi connectivity index (χ1n) is 9.34. The second-order valence-electron chi connectivity index (χ2n) is 6.70. The third-order valence-corrected chi connectivity index (χ3v) is 4.61. The van der Waals surface area contributed by atoms with E-state index in [1.807, 2.05) is 23.7 Å². The van der Waals surface area contributed by atoms with Crippen molar-refractivity contribution in [3.63, 3.8) is 0 Å². The number of benzene rings is 2. The van der Waals surface area contributed by atoms with Gasteiger partial charge in [-0.3, -0.25) is 4.79 Å². The number of hydrogen-bond acceptors (Lipinski definition) is 5. The lowest BCUT2D eigenvalue weighted by molar-refractivity contribution is -0.127. The molecule has 0 radical (unpaired) electrons. The van der Waals surface area contributed by atoms with E-state index < -0.39 is 12.1 Å². The largest absolute Gasteiger partial charge is 0.497 e. The minimum absolute atomic E-state index is 0.353. The van der Waals surface area contributed by atoms with Crippen LogP contribution in [0.5, 0.6) is 17.2 Å². The molecule has 0 fully saturated rings. The molecule has 3 rings (SSSR count). The van der Waals surface area contributed by atoms with Crippen molar-refractivity contribution < 1.29 is 23.4 Å². The van der Waals surface area contributed by atoms with E-state index in [9.17, 15) is 9.18 Å². The molecule has 1 aromatic heterocycles. The quantitative estimate of drug-likeness (QED) is 0.614. The fourth-order valence-corrected chi connectivity index (χ4v) is 2.98. The molecule has 8 heteroatoms. The molecule has 0 aliphatic rings. The summed E-state index contributed by atoms with van der Waals surface area (Å²) in [5.41, 5.74) is 0.739. The lowest BCUT2D eigenvalue weighted by Crippen LogP contribution is -2.39. The van der Waals surface area contributed by atoms with Gasteiger partial charge in [0.2, 0.25) is 0 Å². The van der Waals surface area contributed by atoms with Crippen LogP contribution < -0.4 is 19.5 Å². The Kier molecular flexibility index (Phi) is 6.56. The van der Waals surface area contributed by atoms with Gasteiger partial charge < -0.3 is 24.1 Å². The normalized spacial score (nSPS) is 12.7. The van der Waals surface area contributed by atoms with Crippen LogP contribution in [0.2, 0.25) is 0 Å². The van der Waals surface area contributed by atoms with Crippen LogP contribution in [0.15, 0.2) is 54.9 Å². The SMILES string of the molecule is COc1cc(OC)cc(C(NC(=O)C(C)Oc2ccc(F)cc2)c2nccn2C)c1. The number of carbonyl (C=O) groups excluding carboxylic acids is 1. The summed E-state index contributed by atoms with van der Waals surface area (Å²) in [5.74, 6) is 1.49. The van der Waals surface area contributed by atoms with Crippen molar-refractivity contribution in [1.29, 1.82) is 0 Å². The first kappa shape index (κ1) is 21.2. The van der Waals surface area contributed by atoms with Gasteiger partial charge in [-0.1, -0.05) is 0 Å². The van der Waals surface area contributed by atoms with Crippen molar-refractivity contribution >= 4 is 5.91 Å². The van der Waals surface area contributed by atoms with E-state index in [0.717, 1.165) is 5.56 Å². The standard InChI is InChI=1S/C22H24FN3O4/c1-14(30-17-7-5-16(23)6-8-17)22(27)25-20(21-24-9-10-26(21)2)15-11-18(28-3)13-19(12-15)29-4/h5-14,20H,1-4H3,(H,25,27). The number of nitrogens with one attached hydrogen (secondary N) is 1. The molecule has 158 valence electrons. The van der Waals surface area contributed by atoms with Crippen molar-refractivity contribution in [3.8, 4) is 17.2 Å². The topological polar surface area (TPSA) is 74.6 Å². The van der Waals surface area contributed by atoms with E-state index in [1.165, 1.54) is 24.3 Å². The maximum absolute atomic E-state index is 13.1. The fraction of sp³-hybridized carbons (Fsp3) is 0.273. The third kappa shape index (κ3) is 4.89. The molecular formula is C22H24FN3O4. The molecule has 0 aliphatic carbocycles. The third-order valence-electron chi connectivity index (χ3n) is 4.61. The van der Waals surface area contributed by atoms with Crippen LogP contribution in [0.3, 0.4) is 0 Å². The number of amides is 1. The molecule has 0 saturated heterocycles. The Bertz CT molecular complexity index is 982. The molecule has 7 nitrogen and oxygen atoms in total. The van der Waals surface area contributed by atoms with E-state index >= 15 is 0 Å². The Balaban J connectivity index is 1.87. The fourth-order valence-electron chi connectivity index (χ4n) is 2.98. The molecule has 2 unspecified atom stereocenters. The first-order valence-corrected chi connectivity index (χ1v) is 9.34. The van der Waals surface area contributed by atoms with Gasteiger partial charge in [0, 0.05) is 25.5 Å². The average molecular weight is 413 g/mol. The number of rotatable bonds is 8. The summed E-state index contributed by atoms with van der Waals surface area (Å²) in [6.07, 6.45) is 2.64. The summed E-state index contributed by atoms with van der Waals surface area (Å²) in [6.45, 7) is 1.63. The highest BCUT2D eigenvalue weighted by atomic mass is 19.1. The van der Waals surface area contributed by atoms with Crippen molar-refractivity contribution in [2.24, 2.45) is 7.05 Å². The van der Waals surface area contributed by atoms with Gasteiger partial charge >= 0.3 is 0 Å². The van der Waals surface area contributed by atoms with Gasteiger partial charge in [-0.15, -0.1) is 0 Å². The zero-order chi connectivity index (χ0) is 21.7. The highest BCUT2D eigenvalue weighted by Gasteiger charge is 2.25. The number of halogens is 1. The number of imidazole rings is 1. The summed E-state index contributed by atoms with van der Waals surface area (Å²) in [4.78, 5) is 17.3.